The van der Waals surface area contributed by atoms with Gasteiger partial charge in [-0.2, -0.15) is 0 Å². The molecule has 0 aliphatic carbocycles. The van der Waals surface area contributed by atoms with Gasteiger partial charge in [0, 0.05) is 5.56 Å². The highest BCUT2D eigenvalue weighted by molar-refractivity contribution is 5.76. The number of imidazole rings is 1. The number of rotatable bonds is 4. The third kappa shape index (κ3) is 2.54. The summed E-state index contributed by atoms with van der Waals surface area (Å²) < 4.78 is 15.8. The normalized spacial score (nSPS) is 12.7. The van der Waals surface area contributed by atoms with Gasteiger partial charge in [0.1, 0.15) is 17.7 Å². The van der Waals surface area contributed by atoms with Crippen molar-refractivity contribution in [1.29, 1.82) is 0 Å². The maximum Gasteiger partial charge on any atom is 0.139 e. The molecule has 0 spiro atoms. The SMILES string of the molecule is CCC(O)c1nc2ccccc2n1Cc1ccccc1F. The second kappa shape index (κ2) is 5.66. The lowest BCUT2D eigenvalue weighted by Crippen LogP contribution is -2.10. The van der Waals surface area contributed by atoms with Gasteiger partial charge in [0.2, 0.25) is 0 Å². The lowest BCUT2D eigenvalue weighted by molar-refractivity contribution is 0.160. The molecule has 0 amide bonds. The van der Waals surface area contributed by atoms with Crippen molar-refractivity contribution in [1.82, 2.24) is 9.55 Å². The van der Waals surface area contributed by atoms with Crippen LogP contribution >= 0.6 is 0 Å². The quantitative estimate of drug-likeness (QED) is 0.794. The molecule has 2 aromatic carbocycles. The molecule has 0 radical (unpaired) electrons. The molecule has 4 heteroatoms. The molecular weight excluding hydrogens is 267 g/mol. The van der Waals surface area contributed by atoms with Crippen molar-refractivity contribution in [3.8, 4) is 0 Å². The molecule has 21 heavy (non-hydrogen) atoms. The molecule has 1 atom stereocenters. The van der Waals surface area contributed by atoms with Crippen molar-refractivity contribution in [2.75, 3.05) is 0 Å². The summed E-state index contributed by atoms with van der Waals surface area (Å²) >= 11 is 0. The van der Waals surface area contributed by atoms with Gasteiger partial charge in [-0.25, -0.2) is 9.37 Å². The van der Waals surface area contributed by atoms with Gasteiger partial charge in [0.25, 0.3) is 0 Å². The molecular formula is C17H17FN2O. The van der Waals surface area contributed by atoms with Gasteiger partial charge in [-0.3, -0.25) is 0 Å². The predicted molar refractivity (Wildman–Crippen MR) is 80.5 cm³/mol. The lowest BCUT2D eigenvalue weighted by Gasteiger charge is -2.13. The number of fused-ring (bicyclic) bond motifs is 1. The first-order valence-corrected chi connectivity index (χ1v) is 7.07. The zero-order valence-corrected chi connectivity index (χ0v) is 11.8. The van der Waals surface area contributed by atoms with Crippen LogP contribution in [0.1, 0.15) is 30.8 Å². The van der Waals surface area contributed by atoms with Gasteiger partial charge in [-0.05, 0) is 24.6 Å². The Kier molecular flexibility index (Phi) is 3.71. The summed E-state index contributed by atoms with van der Waals surface area (Å²) in [7, 11) is 0. The summed E-state index contributed by atoms with van der Waals surface area (Å²) in [5.74, 6) is 0.342. The third-order valence-corrected chi connectivity index (χ3v) is 3.66. The molecule has 1 heterocycles. The fourth-order valence-corrected chi connectivity index (χ4v) is 2.49. The topological polar surface area (TPSA) is 38.1 Å². The summed E-state index contributed by atoms with van der Waals surface area (Å²) in [6.45, 7) is 2.26. The second-order valence-electron chi connectivity index (χ2n) is 5.06. The van der Waals surface area contributed by atoms with Gasteiger partial charge < -0.3 is 9.67 Å². The Morgan fingerprint density at radius 1 is 1.14 bits per heavy atom. The van der Waals surface area contributed by atoms with Gasteiger partial charge in [0.05, 0.1) is 17.6 Å². The van der Waals surface area contributed by atoms with Crippen molar-refractivity contribution < 1.29 is 9.50 Å². The zero-order chi connectivity index (χ0) is 14.8. The molecule has 3 nitrogen and oxygen atoms in total. The third-order valence-electron chi connectivity index (χ3n) is 3.66. The number of aromatic nitrogens is 2. The summed E-state index contributed by atoms with van der Waals surface area (Å²) in [5, 5.41) is 10.2. The molecule has 1 aromatic heterocycles. The average molecular weight is 284 g/mol. The average Bonchev–Trinajstić information content (AvgIpc) is 2.88. The molecule has 0 saturated carbocycles. The van der Waals surface area contributed by atoms with E-state index in [-0.39, 0.29) is 5.82 Å². The highest BCUT2D eigenvalue weighted by Crippen LogP contribution is 2.24. The van der Waals surface area contributed by atoms with E-state index >= 15 is 0 Å². The minimum Gasteiger partial charge on any atom is -0.385 e. The predicted octanol–water partition coefficient (Wildman–Crippen LogP) is 3.67. The fourth-order valence-electron chi connectivity index (χ4n) is 2.49. The van der Waals surface area contributed by atoms with Crippen molar-refractivity contribution in [2.24, 2.45) is 0 Å². The Hall–Kier alpha value is -2.20. The van der Waals surface area contributed by atoms with Gasteiger partial charge >= 0.3 is 0 Å². The number of para-hydroxylation sites is 2. The second-order valence-corrected chi connectivity index (χ2v) is 5.06. The number of halogens is 1. The van der Waals surface area contributed by atoms with Crippen LogP contribution in [-0.4, -0.2) is 14.7 Å². The van der Waals surface area contributed by atoms with E-state index in [0.29, 0.717) is 24.4 Å². The lowest BCUT2D eigenvalue weighted by atomic mass is 10.2. The Morgan fingerprint density at radius 2 is 1.86 bits per heavy atom. The van der Waals surface area contributed by atoms with Crippen molar-refractivity contribution in [3.05, 3.63) is 65.7 Å². The van der Waals surface area contributed by atoms with Gasteiger partial charge in [-0.1, -0.05) is 37.3 Å². The molecule has 0 bridgehead atoms. The maximum absolute atomic E-state index is 13.9. The van der Waals surface area contributed by atoms with Crippen LogP contribution in [0.3, 0.4) is 0 Å². The molecule has 3 aromatic rings. The Morgan fingerprint density at radius 3 is 2.62 bits per heavy atom. The summed E-state index contributed by atoms with van der Waals surface area (Å²) in [6, 6.07) is 14.4. The van der Waals surface area contributed by atoms with Crippen LogP contribution in [0.25, 0.3) is 11.0 Å². The molecule has 1 unspecified atom stereocenters. The minimum atomic E-state index is -0.649. The fraction of sp³-hybridized carbons (Fsp3) is 0.235. The Balaban J connectivity index is 2.13. The standard InChI is InChI=1S/C17H17FN2O/c1-2-16(21)17-19-14-9-5-6-10-15(14)20(17)11-12-7-3-4-8-13(12)18/h3-10,16,21H,2,11H2,1H3. The van der Waals surface area contributed by atoms with Crippen LogP contribution < -0.4 is 0 Å². The van der Waals surface area contributed by atoms with Crippen LogP contribution in [-0.2, 0) is 6.54 Å². The number of benzene rings is 2. The highest BCUT2D eigenvalue weighted by atomic mass is 19.1. The van der Waals surface area contributed by atoms with Gasteiger partial charge in [0.15, 0.2) is 0 Å². The van der Waals surface area contributed by atoms with E-state index in [0.717, 1.165) is 11.0 Å². The van der Waals surface area contributed by atoms with Crippen LogP contribution in [0.5, 0.6) is 0 Å². The molecule has 0 aliphatic rings. The molecule has 0 aliphatic heterocycles. The van der Waals surface area contributed by atoms with Crippen molar-refractivity contribution in [3.63, 3.8) is 0 Å². The van der Waals surface area contributed by atoms with Crippen molar-refractivity contribution >= 4 is 11.0 Å². The van der Waals surface area contributed by atoms with E-state index in [4.69, 9.17) is 0 Å². The summed E-state index contributed by atoms with van der Waals surface area (Å²) in [4.78, 5) is 4.50. The molecule has 1 N–H and O–H groups in total. The summed E-state index contributed by atoms with van der Waals surface area (Å²) in [5.41, 5.74) is 2.31. The van der Waals surface area contributed by atoms with Crippen LogP contribution in [0.4, 0.5) is 4.39 Å². The number of hydrogen-bond acceptors (Lipinski definition) is 2. The number of hydrogen-bond donors (Lipinski definition) is 1. The molecule has 3 rings (SSSR count). The van der Waals surface area contributed by atoms with E-state index in [2.05, 4.69) is 4.98 Å². The van der Waals surface area contributed by atoms with E-state index in [1.807, 2.05) is 41.8 Å². The zero-order valence-electron chi connectivity index (χ0n) is 11.8. The van der Waals surface area contributed by atoms with Crippen LogP contribution in [0.15, 0.2) is 48.5 Å². The van der Waals surface area contributed by atoms with Crippen molar-refractivity contribution in [2.45, 2.75) is 26.0 Å². The van der Waals surface area contributed by atoms with Gasteiger partial charge in [-0.15, -0.1) is 0 Å². The Labute approximate surface area is 122 Å². The maximum atomic E-state index is 13.9. The molecule has 108 valence electrons. The smallest absolute Gasteiger partial charge is 0.139 e. The molecule has 0 fully saturated rings. The largest absolute Gasteiger partial charge is 0.385 e. The van der Waals surface area contributed by atoms with E-state index in [1.165, 1.54) is 6.07 Å². The first-order valence-electron chi connectivity index (χ1n) is 7.07. The highest BCUT2D eigenvalue weighted by Gasteiger charge is 2.17. The Bertz CT molecular complexity index is 766. The van der Waals surface area contributed by atoms with E-state index in [9.17, 15) is 9.50 Å². The molecule has 0 saturated heterocycles. The first-order chi connectivity index (χ1) is 10.2. The van der Waals surface area contributed by atoms with E-state index in [1.54, 1.807) is 12.1 Å². The number of aliphatic hydroxyl groups is 1. The minimum absolute atomic E-state index is 0.243. The first kappa shape index (κ1) is 13.8. The summed E-state index contributed by atoms with van der Waals surface area (Å²) in [6.07, 6.45) is -0.0789. The van der Waals surface area contributed by atoms with Crippen LogP contribution in [0, 0.1) is 5.82 Å². The monoisotopic (exact) mass is 284 g/mol. The van der Waals surface area contributed by atoms with Crippen LogP contribution in [0.2, 0.25) is 0 Å². The number of nitrogens with zero attached hydrogens (tertiary/aromatic N) is 2. The van der Waals surface area contributed by atoms with E-state index < -0.39 is 6.10 Å². The number of aliphatic hydroxyl groups excluding tert-OH is 1.